The average Bonchev–Trinajstić information content (AvgIpc) is 2.51. The van der Waals surface area contributed by atoms with Gasteiger partial charge in [-0.05, 0) is 37.4 Å². The Morgan fingerprint density at radius 2 is 2.05 bits per heavy atom. The third kappa shape index (κ3) is 4.91. The van der Waals surface area contributed by atoms with Crippen molar-refractivity contribution in [2.45, 2.75) is 25.7 Å². The first-order valence-corrected chi connectivity index (χ1v) is 7.22. The van der Waals surface area contributed by atoms with E-state index >= 15 is 0 Å². The number of carbonyl (C=O) groups is 1. The number of hydrogen-bond donors (Lipinski definition) is 1. The number of ether oxygens (including phenoxy) is 1. The van der Waals surface area contributed by atoms with Gasteiger partial charge in [-0.3, -0.25) is 0 Å². The number of nitrogens with zero attached hydrogens (tertiary/aromatic N) is 1. The molecular weight excluding hydrogens is 297 g/mol. The van der Waals surface area contributed by atoms with E-state index in [4.69, 9.17) is 4.74 Å². The van der Waals surface area contributed by atoms with Crippen LogP contribution in [0.4, 0.5) is 18.0 Å². The van der Waals surface area contributed by atoms with Crippen LogP contribution in [0.1, 0.15) is 18.4 Å². The lowest BCUT2D eigenvalue weighted by atomic mass is 9.99. The number of benzene rings is 1. The van der Waals surface area contributed by atoms with E-state index in [1.807, 2.05) is 0 Å². The fourth-order valence-electron chi connectivity index (χ4n) is 2.42. The second kappa shape index (κ2) is 7.49. The van der Waals surface area contributed by atoms with Crippen molar-refractivity contribution < 1.29 is 22.7 Å². The molecule has 1 N–H and O–H groups in total. The molecule has 1 aromatic carbocycles. The molecule has 122 valence electrons. The van der Waals surface area contributed by atoms with Gasteiger partial charge in [0.2, 0.25) is 0 Å². The molecule has 1 heterocycles. The number of piperidine rings is 1. The molecule has 0 saturated carbocycles. The highest BCUT2D eigenvalue weighted by Crippen LogP contribution is 2.25. The van der Waals surface area contributed by atoms with Crippen molar-refractivity contribution in [2.75, 3.05) is 19.6 Å². The van der Waals surface area contributed by atoms with Crippen LogP contribution in [0, 0.1) is 5.92 Å². The largest absolute Gasteiger partial charge is 0.489 e. The summed E-state index contributed by atoms with van der Waals surface area (Å²) in [5.74, 6) is -0.209. The van der Waals surface area contributed by atoms with Gasteiger partial charge in [-0.15, -0.1) is 13.2 Å². The van der Waals surface area contributed by atoms with Crippen LogP contribution >= 0.6 is 0 Å². The molecule has 0 aliphatic carbocycles. The Balaban J connectivity index is 1.94. The molecule has 1 amide bonds. The lowest BCUT2D eigenvalue weighted by Gasteiger charge is -2.30. The van der Waals surface area contributed by atoms with Gasteiger partial charge in [0, 0.05) is 6.54 Å². The summed E-state index contributed by atoms with van der Waals surface area (Å²) in [5, 5.41) is 3.04. The maximum Gasteiger partial charge on any atom is 0.489 e. The topological polar surface area (TPSA) is 41.6 Å². The summed E-state index contributed by atoms with van der Waals surface area (Å²) in [4.78, 5) is 11.7. The van der Waals surface area contributed by atoms with Crippen molar-refractivity contribution in [2.24, 2.45) is 5.92 Å². The number of halogens is 3. The number of alkyl halides is 3. The highest BCUT2D eigenvalue weighted by molar-refractivity contribution is 5.68. The fraction of sp³-hybridized carbons (Fsp3) is 0.533. The number of nitrogens with one attached hydrogen (secondary N) is 1. The van der Waals surface area contributed by atoms with Gasteiger partial charge in [-0.1, -0.05) is 30.3 Å². The molecule has 0 radical (unpaired) electrons. The van der Waals surface area contributed by atoms with Crippen molar-refractivity contribution in [3.63, 3.8) is 0 Å². The molecule has 1 atom stereocenters. The van der Waals surface area contributed by atoms with Gasteiger partial charge in [0.15, 0.2) is 0 Å². The first-order chi connectivity index (χ1) is 10.5. The maximum absolute atomic E-state index is 13.1. The van der Waals surface area contributed by atoms with Crippen LogP contribution in [0.3, 0.4) is 0 Å². The molecule has 22 heavy (non-hydrogen) atoms. The second-order valence-corrected chi connectivity index (χ2v) is 5.33. The van der Waals surface area contributed by atoms with Crippen LogP contribution < -0.4 is 5.32 Å². The molecule has 7 heteroatoms. The van der Waals surface area contributed by atoms with Gasteiger partial charge < -0.3 is 10.1 Å². The predicted molar refractivity (Wildman–Crippen MR) is 75.0 cm³/mol. The average molecular weight is 316 g/mol. The molecule has 0 aromatic heterocycles. The van der Waals surface area contributed by atoms with Gasteiger partial charge in [0.05, 0.1) is 0 Å². The summed E-state index contributed by atoms with van der Waals surface area (Å²) in [7, 11) is 0. The minimum Gasteiger partial charge on any atom is -0.444 e. The normalized spacial score (nSPS) is 18.8. The Morgan fingerprint density at radius 1 is 1.32 bits per heavy atom. The van der Waals surface area contributed by atoms with Crippen molar-refractivity contribution in [3.05, 3.63) is 35.9 Å². The van der Waals surface area contributed by atoms with E-state index in [0.717, 1.165) is 13.0 Å². The van der Waals surface area contributed by atoms with E-state index in [0.29, 0.717) is 18.5 Å². The van der Waals surface area contributed by atoms with E-state index in [2.05, 4.69) is 5.32 Å². The van der Waals surface area contributed by atoms with E-state index in [1.54, 1.807) is 30.3 Å². The Labute approximate surface area is 127 Å². The maximum atomic E-state index is 13.1. The predicted octanol–water partition coefficient (Wildman–Crippen LogP) is 3.14. The van der Waals surface area contributed by atoms with E-state index in [-0.39, 0.29) is 24.0 Å². The van der Waals surface area contributed by atoms with E-state index < -0.39 is 12.4 Å². The molecule has 0 bridgehead atoms. The van der Waals surface area contributed by atoms with Crippen LogP contribution in [-0.4, -0.2) is 36.9 Å². The molecule has 1 aliphatic rings. The summed E-state index contributed by atoms with van der Waals surface area (Å²) in [6.45, 7) is 0.749. The van der Waals surface area contributed by atoms with E-state index in [9.17, 15) is 18.0 Å². The molecule has 4 nitrogen and oxygen atoms in total. The fourth-order valence-corrected chi connectivity index (χ4v) is 2.42. The monoisotopic (exact) mass is 316 g/mol. The van der Waals surface area contributed by atoms with Gasteiger partial charge in [0.1, 0.15) is 6.61 Å². The minimum absolute atomic E-state index is 0.131. The number of amides is 1. The van der Waals surface area contributed by atoms with Crippen LogP contribution in [0.15, 0.2) is 30.3 Å². The van der Waals surface area contributed by atoms with Crippen molar-refractivity contribution in [3.8, 4) is 0 Å². The SMILES string of the molecule is O=C(OCc1ccccc1)N(C[C@H]1CCCNC1)C(F)(F)F. The molecule has 1 fully saturated rings. The Morgan fingerprint density at radius 3 is 2.64 bits per heavy atom. The zero-order chi connectivity index (χ0) is 16.0. The third-order valence-electron chi connectivity index (χ3n) is 3.57. The van der Waals surface area contributed by atoms with E-state index in [1.165, 1.54) is 0 Å². The molecular formula is C15H19F3N2O2. The van der Waals surface area contributed by atoms with Crippen molar-refractivity contribution in [1.82, 2.24) is 10.2 Å². The standard InChI is InChI=1S/C15H19F3N2O2/c16-15(17,18)20(10-13-7-4-8-19-9-13)14(21)22-11-12-5-2-1-3-6-12/h1-3,5-6,13,19H,4,7-11H2/t13-/m0/s1. The number of carbonyl (C=O) groups excluding carboxylic acids is 1. The van der Waals surface area contributed by atoms with Gasteiger partial charge >= 0.3 is 12.4 Å². The van der Waals surface area contributed by atoms with Gasteiger partial charge in [-0.25, -0.2) is 9.69 Å². The summed E-state index contributed by atoms with van der Waals surface area (Å²) in [6.07, 6.45) is -4.59. The highest BCUT2D eigenvalue weighted by Gasteiger charge is 2.43. The summed E-state index contributed by atoms with van der Waals surface area (Å²) >= 11 is 0. The van der Waals surface area contributed by atoms with Gasteiger partial charge in [0.25, 0.3) is 0 Å². The molecule has 1 saturated heterocycles. The quantitative estimate of drug-likeness (QED) is 0.868. The zero-order valence-electron chi connectivity index (χ0n) is 12.1. The summed E-state index contributed by atoms with van der Waals surface area (Å²) in [5.41, 5.74) is 0.650. The molecule has 0 spiro atoms. The smallest absolute Gasteiger partial charge is 0.444 e. The second-order valence-electron chi connectivity index (χ2n) is 5.33. The van der Waals surface area contributed by atoms with Gasteiger partial charge in [-0.2, -0.15) is 0 Å². The lowest BCUT2D eigenvalue weighted by molar-refractivity contribution is -0.233. The summed E-state index contributed by atoms with van der Waals surface area (Å²) in [6, 6.07) is 8.63. The van der Waals surface area contributed by atoms with Crippen molar-refractivity contribution >= 4 is 6.09 Å². The van der Waals surface area contributed by atoms with Crippen LogP contribution in [-0.2, 0) is 11.3 Å². The third-order valence-corrected chi connectivity index (χ3v) is 3.57. The number of hydrogen-bond acceptors (Lipinski definition) is 3. The molecule has 1 aliphatic heterocycles. The lowest BCUT2D eigenvalue weighted by Crippen LogP contribution is -2.48. The molecule has 1 aromatic rings. The Hall–Kier alpha value is -1.76. The molecule has 2 rings (SSSR count). The summed E-state index contributed by atoms with van der Waals surface area (Å²) < 4.78 is 44.0. The highest BCUT2D eigenvalue weighted by atomic mass is 19.4. The first-order valence-electron chi connectivity index (χ1n) is 7.22. The van der Waals surface area contributed by atoms with Crippen molar-refractivity contribution in [1.29, 1.82) is 0 Å². The first kappa shape index (κ1) is 16.6. The number of rotatable bonds is 4. The van der Waals surface area contributed by atoms with Crippen LogP contribution in [0.25, 0.3) is 0 Å². The van der Waals surface area contributed by atoms with Crippen LogP contribution in [0.2, 0.25) is 0 Å². The Bertz CT molecular complexity index is 473. The minimum atomic E-state index is -4.73. The molecule has 0 unspecified atom stereocenters. The zero-order valence-corrected chi connectivity index (χ0v) is 12.1. The van der Waals surface area contributed by atoms with Crippen LogP contribution in [0.5, 0.6) is 0 Å². The Kier molecular flexibility index (Phi) is 5.65.